The number of nitrogens with two attached hydrogens (primary N) is 1. The number of benzene rings is 1. The minimum Gasteiger partial charge on any atom is -0.497 e. The lowest BCUT2D eigenvalue weighted by atomic mass is 9.95. The summed E-state index contributed by atoms with van der Waals surface area (Å²) < 4.78 is 7.72. The normalized spacial score (nSPS) is 16.9. The predicted molar refractivity (Wildman–Crippen MR) is 81.2 cm³/mol. The smallest absolute Gasteiger partial charge is 0.121 e. The predicted octanol–water partition coefficient (Wildman–Crippen LogP) is 3.08. The Bertz CT molecular complexity index is 613. The molecule has 1 aliphatic carbocycles. The van der Waals surface area contributed by atoms with E-state index in [1.165, 1.54) is 18.4 Å². The van der Waals surface area contributed by atoms with Crippen LogP contribution in [0.2, 0.25) is 0 Å². The third-order valence-electron chi connectivity index (χ3n) is 4.23. The lowest BCUT2D eigenvalue weighted by Crippen LogP contribution is -2.21. The van der Waals surface area contributed by atoms with Gasteiger partial charge in [-0.2, -0.15) is 0 Å². The van der Waals surface area contributed by atoms with Crippen LogP contribution >= 0.6 is 0 Å². The van der Waals surface area contributed by atoms with E-state index in [1.807, 2.05) is 12.1 Å². The van der Waals surface area contributed by atoms with Crippen molar-refractivity contribution >= 4 is 11.0 Å². The fraction of sp³-hybridized carbons (Fsp3) is 0.562. The number of hydrogen-bond acceptors (Lipinski definition) is 3. The third-order valence-corrected chi connectivity index (χ3v) is 4.23. The van der Waals surface area contributed by atoms with Crippen molar-refractivity contribution in [1.29, 1.82) is 0 Å². The van der Waals surface area contributed by atoms with Gasteiger partial charge in [-0.1, -0.05) is 13.8 Å². The van der Waals surface area contributed by atoms with Crippen LogP contribution in [0, 0.1) is 5.92 Å². The van der Waals surface area contributed by atoms with Gasteiger partial charge in [-0.25, -0.2) is 4.98 Å². The molecule has 1 saturated carbocycles. The van der Waals surface area contributed by atoms with Crippen LogP contribution in [0.4, 0.5) is 0 Å². The Morgan fingerprint density at radius 1 is 1.40 bits per heavy atom. The van der Waals surface area contributed by atoms with Crippen LogP contribution in [0.5, 0.6) is 5.75 Å². The maximum absolute atomic E-state index is 6.00. The molecule has 0 spiro atoms. The van der Waals surface area contributed by atoms with Gasteiger partial charge in [0, 0.05) is 24.6 Å². The Labute approximate surface area is 119 Å². The van der Waals surface area contributed by atoms with Gasteiger partial charge in [-0.3, -0.25) is 0 Å². The first-order valence-corrected chi connectivity index (χ1v) is 7.41. The zero-order valence-corrected chi connectivity index (χ0v) is 12.5. The number of fused-ring (bicyclic) bond motifs is 1. The summed E-state index contributed by atoms with van der Waals surface area (Å²) >= 11 is 0. The van der Waals surface area contributed by atoms with Gasteiger partial charge in [0.15, 0.2) is 0 Å². The van der Waals surface area contributed by atoms with Gasteiger partial charge in [0.25, 0.3) is 0 Å². The molecular weight excluding hydrogens is 250 g/mol. The summed E-state index contributed by atoms with van der Waals surface area (Å²) in [4.78, 5) is 4.88. The quantitative estimate of drug-likeness (QED) is 0.910. The van der Waals surface area contributed by atoms with E-state index in [1.54, 1.807) is 7.11 Å². The maximum atomic E-state index is 6.00. The van der Waals surface area contributed by atoms with E-state index >= 15 is 0 Å². The highest BCUT2D eigenvalue weighted by molar-refractivity contribution is 5.78. The van der Waals surface area contributed by atoms with Crippen LogP contribution in [0.15, 0.2) is 18.2 Å². The highest BCUT2D eigenvalue weighted by Gasteiger charge is 2.31. The zero-order valence-electron chi connectivity index (χ0n) is 12.5. The van der Waals surface area contributed by atoms with E-state index in [0.717, 1.165) is 17.1 Å². The third kappa shape index (κ3) is 2.18. The molecule has 4 heteroatoms. The Morgan fingerprint density at radius 3 is 2.70 bits per heavy atom. The Hall–Kier alpha value is -1.55. The van der Waals surface area contributed by atoms with Gasteiger partial charge in [0.05, 0.1) is 18.1 Å². The lowest BCUT2D eigenvalue weighted by molar-refractivity contribution is 0.415. The van der Waals surface area contributed by atoms with Gasteiger partial charge < -0.3 is 15.0 Å². The Balaban J connectivity index is 2.17. The first-order chi connectivity index (χ1) is 9.65. The molecule has 1 aliphatic rings. The molecule has 1 heterocycles. The average Bonchev–Trinajstić information content (AvgIpc) is 3.20. The van der Waals surface area contributed by atoms with Crippen LogP contribution in [0.1, 0.15) is 44.5 Å². The maximum Gasteiger partial charge on any atom is 0.121 e. The van der Waals surface area contributed by atoms with Gasteiger partial charge in [0.1, 0.15) is 11.6 Å². The second-order valence-electron chi connectivity index (χ2n) is 6.01. The molecule has 0 aliphatic heterocycles. The summed E-state index contributed by atoms with van der Waals surface area (Å²) in [5.74, 6) is 2.82. The topological polar surface area (TPSA) is 53.1 Å². The van der Waals surface area contributed by atoms with Crippen LogP contribution in [0.25, 0.3) is 11.0 Å². The number of rotatable bonds is 5. The van der Waals surface area contributed by atoms with Gasteiger partial charge in [-0.15, -0.1) is 0 Å². The number of hydrogen-bond donors (Lipinski definition) is 1. The highest BCUT2D eigenvalue weighted by atomic mass is 16.5. The summed E-state index contributed by atoms with van der Waals surface area (Å²) in [6.45, 7) is 5.08. The Morgan fingerprint density at radius 2 is 2.15 bits per heavy atom. The molecule has 2 aromatic rings. The van der Waals surface area contributed by atoms with Crippen LogP contribution in [-0.4, -0.2) is 23.2 Å². The Kier molecular flexibility index (Phi) is 3.42. The molecule has 1 aromatic heterocycles. The van der Waals surface area contributed by atoms with E-state index in [9.17, 15) is 0 Å². The van der Waals surface area contributed by atoms with Crippen molar-refractivity contribution in [3.05, 3.63) is 24.0 Å². The standard InChI is InChI=1S/C16H23N3O/c1-10(2)13(9-17)16-18-14-8-12(20-3)6-7-15(14)19(16)11-4-5-11/h6-8,10-11,13H,4-5,9,17H2,1-3H3. The van der Waals surface area contributed by atoms with Crippen molar-refractivity contribution in [1.82, 2.24) is 9.55 Å². The fourth-order valence-corrected chi connectivity index (χ4v) is 2.88. The summed E-state index contributed by atoms with van der Waals surface area (Å²) in [7, 11) is 1.69. The molecule has 108 valence electrons. The fourth-order valence-electron chi connectivity index (χ4n) is 2.88. The molecule has 20 heavy (non-hydrogen) atoms. The van der Waals surface area contributed by atoms with E-state index in [0.29, 0.717) is 24.4 Å². The molecule has 2 N–H and O–H groups in total. The zero-order chi connectivity index (χ0) is 14.3. The SMILES string of the molecule is COc1ccc2c(c1)nc(C(CN)C(C)C)n2C1CC1. The van der Waals surface area contributed by atoms with Crippen molar-refractivity contribution in [2.75, 3.05) is 13.7 Å². The summed E-state index contributed by atoms with van der Waals surface area (Å²) in [6, 6.07) is 6.76. The first kappa shape index (κ1) is 13.4. The molecule has 0 bridgehead atoms. The molecule has 4 nitrogen and oxygen atoms in total. The van der Waals surface area contributed by atoms with Crippen LogP contribution in [0.3, 0.4) is 0 Å². The lowest BCUT2D eigenvalue weighted by Gasteiger charge is -2.20. The van der Waals surface area contributed by atoms with Crippen molar-refractivity contribution in [2.24, 2.45) is 11.7 Å². The number of ether oxygens (including phenoxy) is 1. The molecule has 1 atom stereocenters. The molecule has 1 fully saturated rings. The van der Waals surface area contributed by atoms with Crippen molar-refractivity contribution in [2.45, 2.75) is 38.6 Å². The van der Waals surface area contributed by atoms with Gasteiger partial charge >= 0.3 is 0 Å². The second kappa shape index (κ2) is 5.09. The number of imidazole rings is 1. The minimum absolute atomic E-state index is 0.314. The van der Waals surface area contributed by atoms with Gasteiger partial charge in [-0.05, 0) is 30.9 Å². The molecule has 0 saturated heterocycles. The van der Waals surface area contributed by atoms with E-state index in [-0.39, 0.29) is 0 Å². The van der Waals surface area contributed by atoms with E-state index < -0.39 is 0 Å². The second-order valence-corrected chi connectivity index (χ2v) is 6.01. The molecule has 0 radical (unpaired) electrons. The monoisotopic (exact) mass is 273 g/mol. The number of aromatic nitrogens is 2. The first-order valence-electron chi connectivity index (χ1n) is 7.41. The van der Waals surface area contributed by atoms with Crippen molar-refractivity contribution in [3.63, 3.8) is 0 Å². The molecule has 3 rings (SSSR count). The highest BCUT2D eigenvalue weighted by Crippen LogP contribution is 2.41. The molecule has 0 amide bonds. The summed E-state index contributed by atoms with van der Waals surface area (Å²) in [6.07, 6.45) is 2.50. The largest absolute Gasteiger partial charge is 0.497 e. The van der Waals surface area contributed by atoms with E-state index in [2.05, 4.69) is 24.5 Å². The molecule has 1 unspecified atom stereocenters. The molecule has 1 aromatic carbocycles. The summed E-state index contributed by atoms with van der Waals surface area (Å²) in [5, 5.41) is 0. The van der Waals surface area contributed by atoms with Crippen LogP contribution in [-0.2, 0) is 0 Å². The van der Waals surface area contributed by atoms with Crippen LogP contribution < -0.4 is 10.5 Å². The number of nitrogens with zero attached hydrogens (tertiary/aromatic N) is 2. The molecular formula is C16H23N3O. The van der Waals surface area contributed by atoms with Gasteiger partial charge in [0.2, 0.25) is 0 Å². The summed E-state index contributed by atoms with van der Waals surface area (Å²) in [5.41, 5.74) is 8.22. The number of methoxy groups -OCH3 is 1. The van der Waals surface area contributed by atoms with E-state index in [4.69, 9.17) is 15.5 Å². The van der Waals surface area contributed by atoms with Crippen molar-refractivity contribution in [3.8, 4) is 5.75 Å². The average molecular weight is 273 g/mol. The van der Waals surface area contributed by atoms with Crippen molar-refractivity contribution < 1.29 is 4.74 Å². The minimum atomic E-state index is 0.314.